The van der Waals surface area contributed by atoms with Gasteiger partial charge in [-0.3, -0.25) is 0 Å². The maximum absolute atomic E-state index is 3.93. The van der Waals surface area contributed by atoms with Gasteiger partial charge in [0.1, 0.15) is 0 Å². The molecule has 0 aromatic heterocycles. The second-order valence-electron chi connectivity index (χ2n) is 5.50. The zero-order valence-corrected chi connectivity index (χ0v) is 13.2. The van der Waals surface area contributed by atoms with Gasteiger partial charge < -0.3 is 0 Å². The molecule has 1 aromatic rings. The van der Waals surface area contributed by atoms with E-state index < -0.39 is 0 Å². The summed E-state index contributed by atoms with van der Waals surface area (Å²) in [5.41, 5.74) is 6.67. The minimum Gasteiger partial charge on any atom is -0.0988 e. The van der Waals surface area contributed by atoms with Crippen molar-refractivity contribution in [1.82, 2.24) is 0 Å². The molecule has 1 aromatic carbocycles. The molecule has 0 saturated heterocycles. The lowest BCUT2D eigenvalue weighted by Crippen LogP contribution is -1.91. The van der Waals surface area contributed by atoms with Gasteiger partial charge in [0, 0.05) is 0 Å². The van der Waals surface area contributed by atoms with Crippen LogP contribution in [0, 0.1) is 6.92 Å². The zero-order valence-electron chi connectivity index (χ0n) is 13.2. The molecule has 0 N–H and O–H groups in total. The Bertz CT molecular complexity index is 535. The molecular weight excluding hydrogens is 240 g/mol. The Hall–Kier alpha value is -1.82. The summed E-state index contributed by atoms with van der Waals surface area (Å²) >= 11 is 0. The predicted octanol–water partition coefficient (Wildman–Crippen LogP) is 5.95. The van der Waals surface area contributed by atoms with Crippen LogP contribution in [0.3, 0.4) is 0 Å². The maximum atomic E-state index is 3.93. The Morgan fingerprint density at radius 2 is 1.80 bits per heavy atom. The van der Waals surface area contributed by atoms with E-state index in [9.17, 15) is 0 Å². The molecule has 0 radical (unpaired) electrons. The molecule has 0 fully saturated rings. The van der Waals surface area contributed by atoms with Crippen LogP contribution in [0.5, 0.6) is 0 Å². The quantitative estimate of drug-likeness (QED) is 0.558. The number of hydrogen-bond donors (Lipinski definition) is 0. The second-order valence-corrected chi connectivity index (χ2v) is 5.50. The fourth-order valence-corrected chi connectivity index (χ4v) is 2.04. The number of allylic oxidation sites excluding steroid dienone is 7. The summed E-state index contributed by atoms with van der Waals surface area (Å²) in [5.74, 6) is 0. The van der Waals surface area contributed by atoms with E-state index >= 15 is 0 Å². The van der Waals surface area contributed by atoms with Crippen molar-refractivity contribution in [2.24, 2.45) is 0 Å². The number of benzene rings is 1. The van der Waals surface area contributed by atoms with Crippen LogP contribution in [0.2, 0.25) is 0 Å². The minimum absolute atomic E-state index is 1.04. The summed E-state index contributed by atoms with van der Waals surface area (Å²) in [6, 6.07) is 8.59. The van der Waals surface area contributed by atoms with Crippen molar-refractivity contribution in [3.8, 4) is 0 Å². The number of hydrogen-bond acceptors (Lipinski definition) is 0. The molecule has 0 aliphatic rings. The topological polar surface area (TPSA) is 0 Å². The smallest absolute Gasteiger partial charge is 0.0236 e. The molecule has 0 heterocycles. The van der Waals surface area contributed by atoms with E-state index in [4.69, 9.17) is 0 Å². The SMILES string of the molecule is C=C/C(=C/C(C)=C/C=C(C)C)CCc1ccccc1C. The monoisotopic (exact) mass is 266 g/mol. The van der Waals surface area contributed by atoms with E-state index in [-0.39, 0.29) is 0 Å². The molecule has 106 valence electrons. The highest BCUT2D eigenvalue weighted by atomic mass is 14.0. The van der Waals surface area contributed by atoms with E-state index in [1.807, 2.05) is 6.08 Å². The molecule has 0 aliphatic heterocycles. The number of aryl methyl sites for hydroxylation is 2. The predicted molar refractivity (Wildman–Crippen MR) is 91.0 cm³/mol. The highest BCUT2D eigenvalue weighted by Crippen LogP contribution is 2.15. The van der Waals surface area contributed by atoms with Crippen molar-refractivity contribution in [2.45, 2.75) is 40.5 Å². The van der Waals surface area contributed by atoms with E-state index in [0.29, 0.717) is 0 Å². The van der Waals surface area contributed by atoms with Gasteiger partial charge in [0.05, 0.1) is 0 Å². The average molecular weight is 266 g/mol. The van der Waals surface area contributed by atoms with Gasteiger partial charge in [0.15, 0.2) is 0 Å². The Morgan fingerprint density at radius 3 is 2.40 bits per heavy atom. The van der Waals surface area contributed by atoms with Crippen LogP contribution in [0.25, 0.3) is 0 Å². The summed E-state index contributed by atoms with van der Waals surface area (Å²) in [4.78, 5) is 0. The molecule has 0 aliphatic carbocycles. The van der Waals surface area contributed by atoms with Crippen molar-refractivity contribution >= 4 is 0 Å². The van der Waals surface area contributed by atoms with Crippen LogP contribution in [0.4, 0.5) is 0 Å². The van der Waals surface area contributed by atoms with Crippen LogP contribution >= 0.6 is 0 Å². The standard InChI is InChI=1S/C20H26/c1-6-19(15-17(4)12-11-16(2)3)13-14-20-10-8-7-9-18(20)5/h6-12,15H,1,13-14H2,2-5H3/b17-12+,19-15-. The molecule has 0 unspecified atom stereocenters. The van der Waals surface area contributed by atoms with E-state index in [0.717, 1.165) is 12.8 Å². The first-order chi connectivity index (χ1) is 9.52. The van der Waals surface area contributed by atoms with Gasteiger partial charge in [0.25, 0.3) is 0 Å². The molecular formula is C20H26. The fraction of sp³-hybridized carbons (Fsp3) is 0.300. The summed E-state index contributed by atoms with van der Waals surface area (Å²) in [6.45, 7) is 12.5. The first-order valence-electron chi connectivity index (χ1n) is 7.22. The van der Waals surface area contributed by atoms with Gasteiger partial charge in [0.2, 0.25) is 0 Å². The second kappa shape index (κ2) is 8.37. The third kappa shape index (κ3) is 5.88. The van der Waals surface area contributed by atoms with Gasteiger partial charge in [-0.15, -0.1) is 0 Å². The lowest BCUT2D eigenvalue weighted by Gasteiger charge is -2.06. The van der Waals surface area contributed by atoms with Crippen molar-refractivity contribution < 1.29 is 0 Å². The molecule has 0 spiro atoms. The third-order valence-corrected chi connectivity index (χ3v) is 3.30. The van der Waals surface area contributed by atoms with Crippen LogP contribution in [0.1, 0.15) is 38.3 Å². The summed E-state index contributed by atoms with van der Waals surface area (Å²) < 4.78 is 0. The molecule has 0 heteroatoms. The van der Waals surface area contributed by atoms with Gasteiger partial charge in [-0.05, 0) is 57.2 Å². The lowest BCUT2D eigenvalue weighted by molar-refractivity contribution is 0.953. The molecule has 0 bridgehead atoms. The van der Waals surface area contributed by atoms with E-state index in [1.54, 1.807) is 0 Å². The average Bonchev–Trinajstić information content (AvgIpc) is 2.42. The van der Waals surface area contributed by atoms with Gasteiger partial charge in [-0.1, -0.05) is 66.3 Å². The van der Waals surface area contributed by atoms with Crippen molar-refractivity contribution in [3.05, 3.63) is 83.0 Å². The highest BCUT2D eigenvalue weighted by Gasteiger charge is 1.99. The highest BCUT2D eigenvalue weighted by molar-refractivity contribution is 5.33. The van der Waals surface area contributed by atoms with Crippen molar-refractivity contribution in [2.75, 3.05) is 0 Å². The van der Waals surface area contributed by atoms with Gasteiger partial charge in [-0.25, -0.2) is 0 Å². The molecule has 1 rings (SSSR count). The lowest BCUT2D eigenvalue weighted by atomic mass is 9.99. The minimum atomic E-state index is 1.04. The van der Waals surface area contributed by atoms with Crippen LogP contribution in [-0.4, -0.2) is 0 Å². The Kier molecular flexibility index (Phi) is 6.79. The van der Waals surface area contributed by atoms with Crippen LogP contribution < -0.4 is 0 Å². The molecule has 0 saturated carbocycles. The Balaban J connectivity index is 2.73. The fourth-order valence-electron chi connectivity index (χ4n) is 2.04. The van der Waals surface area contributed by atoms with Gasteiger partial charge in [-0.2, -0.15) is 0 Å². The molecule has 0 atom stereocenters. The normalized spacial score (nSPS) is 12.2. The van der Waals surface area contributed by atoms with E-state index in [2.05, 4.69) is 76.8 Å². The zero-order chi connectivity index (χ0) is 15.0. The Labute approximate surface area is 124 Å². The molecule has 0 amide bonds. The van der Waals surface area contributed by atoms with Crippen LogP contribution in [0.15, 0.2) is 71.9 Å². The number of rotatable bonds is 6. The van der Waals surface area contributed by atoms with Crippen molar-refractivity contribution in [3.63, 3.8) is 0 Å². The summed E-state index contributed by atoms with van der Waals surface area (Å²) in [7, 11) is 0. The van der Waals surface area contributed by atoms with Crippen LogP contribution in [-0.2, 0) is 6.42 Å². The Morgan fingerprint density at radius 1 is 1.10 bits per heavy atom. The molecule has 20 heavy (non-hydrogen) atoms. The van der Waals surface area contributed by atoms with E-state index in [1.165, 1.54) is 27.8 Å². The molecule has 0 nitrogen and oxygen atoms in total. The van der Waals surface area contributed by atoms with Gasteiger partial charge >= 0.3 is 0 Å². The largest absolute Gasteiger partial charge is 0.0988 e. The third-order valence-electron chi connectivity index (χ3n) is 3.30. The first-order valence-corrected chi connectivity index (χ1v) is 7.22. The first kappa shape index (κ1) is 16.2. The maximum Gasteiger partial charge on any atom is -0.0236 e. The summed E-state index contributed by atoms with van der Waals surface area (Å²) in [5, 5.41) is 0. The van der Waals surface area contributed by atoms with Crippen molar-refractivity contribution in [1.29, 1.82) is 0 Å². The summed E-state index contributed by atoms with van der Waals surface area (Å²) in [6.07, 6.45) is 10.6.